The molecule has 1 N–H and O–H groups in total. The van der Waals surface area contributed by atoms with E-state index >= 15 is 0 Å². The fourth-order valence-corrected chi connectivity index (χ4v) is 2.74. The summed E-state index contributed by atoms with van der Waals surface area (Å²) in [6.45, 7) is 2.87. The van der Waals surface area contributed by atoms with Crippen molar-refractivity contribution >= 4 is 5.91 Å². The Bertz CT molecular complexity index is 670. The minimum absolute atomic E-state index is 0.0435. The van der Waals surface area contributed by atoms with Crippen molar-refractivity contribution in [2.45, 2.75) is 25.8 Å². The third-order valence-corrected chi connectivity index (χ3v) is 3.83. The summed E-state index contributed by atoms with van der Waals surface area (Å²) < 4.78 is 11.4. The Labute approximate surface area is 136 Å². The molecule has 0 fully saturated rings. The number of carbonyl (C=O) groups is 1. The molecule has 2 aromatic rings. The van der Waals surface area contributed by atoms with E-state index in [2.05, 4.69) is 17.4 Å². The van der Waals surface area contributed by atoms with Crippen LogP contribution in [-0.2, 0) is 11.2 Å². The first kappa shape index (κ1) is 15.4. The Morgan fingerprint density at radius 2 is 1.83 bits per heavy atom. The van der Waals surface area contributed by atoms with Gasteiger partial charge in [0.1, 0.15) is 0 Å². The second kappa shape index (κ2) is 7.18. The summed E-state index contributed by atoms with van der Waals surface area (Å²) in [5.74, 6) is 1.48. The molecule has 120 valence electrons. The molecule has 4 nitrogen and oxygen atoms in total. The van der Waals surface area contributed by atoms with Crippen LogP contribution >= 0.6 is 0 Å². The lowest BCUT2D eigenvalue weighted by Gasteiger charge is -2.20. The zero-order valence-electron chi connectivity index (χ0n) is 13.2. The van der Waals surface area contributed by atoms with Gasteiger partial charge in [-0.3, -0.25) is 4.79 Å². The molecule has 1 heterocycles. The number of hydrogen-bond donors (Lipinski definition) is 1. The van der Waals surface area contributed by atoms with E-state index in [1.54, 1.807) is 6.92 Å². The highest BCUT2D eigenvalue weighted by molar-refractivity contribution is 5.73. The minimum atomic E-state index is -0.0907. The van der Waals surface area contributed by atoms with Gasteiger partial charge in [-0.15, -0.1) is 0 Å². The molecule has 0 radical (unpaired) electrons. The third-order valence-electron chi connectivity index (χ3n) is 3.83. The Morgan fingerprint density at radius 3 is 2.57 bits per heavy atom. The van der Waals surface area contributed by atoms with Crippen molar-refractivity contribution in [2.75, 3.05) is 13.2 Å². The molecule has 0 aromatic heterocycles. The first-order valence-electron chi connectivity index (χ1n) is 7.93. The first-order chi connectivity index (χ1) is 11.2. The standard InChI is InChI=1S/C19H21NO3/c1-14(21)20-17(12-15-6-3-2-4-7-15)16-8-9-18-19(13-16)23-11-5-10-22-18/h2-4,6-9,13,17H,5,10-12H2,1H3,(H,20,21)/t17-/m1/s1. The first-order valence-corrected chi connectivity index (χ1v) is 7.93. The molecule has 23 heavy (non-hydrogen) atoms. The van der Waals surface area contributed by atoms with Crippen LogP contribution in [-0.4, -0.2) is 19.1 Å². The van der Waals surface area contributed by atoms with Gasteiger partial charge in [-0.2, -0.15) is 0 Å². The predicted octanol–water partition coefficient (Wildman–Crippen LogP) is 3.27. The zero-order chi connectivity index (χ0) is 16.1. The quantitative estimate of drug-likeness (QED) is 0.942. The van der Waals surface area contributed by atoms with Crippen LogP contribution in [0.15, 0.2) is 48.5 Å². The molecule has 0 unspecified atom stereocenters. The molecule has 1 atom stereocenters. The summed E-state index contributed by atoms with van der Waals surface area (Å²) in [7, 11) is 0. The van der Waals surface area contributed by atoms with Crippen LogP contribution in [0.3, 0.4) is 0 Å². The second-order valence-electron chi connectivity index (χ2n) is 5.70. The largest absolute Gasteiger partial charge is 0.490 e. The molecule has 0 saturated carbocycles. The summed E-state index contributed by atoms with van der Waals surface area (Å²) in [4.78, 5) is 11.6. The number of fused-ring (bicyclic) bond motifs is 1. The summed E-state index contributed by atoms with van der Waals surface area (Å²) in [6.07, 6.45) is 1.61. The average Bonchev–Trinajstić information content (AvgIpc) is 2.79. The van der Waals surface area contributed by atoms with Gasteiger partial charge in [0.2, 0.25) is 5.91 Å². The number of benzene rings is 2. The Balaban J connectivity index is 1.87. The summed E-state index contributed by atoms with van der Waals surface area (Å²) in [5.41, 5.74) is 2.20. The van der Waals surface area contributed by atoms with E-state index in [9.17, 15) is 4.79 Å². The van der Waals surface area contributed by atoms with E-state index < -0.39 is 0 Å². The average molecular weight is 311 g/mol. The fourth-order valence-electron chi connectivity index (χ4n) is 2.74. The molecule has 4 heteroatoms. The van der Waals surface area contributed by atoms with E-state index in [0.717, 1.165) is 29.9 Å². The summed E-state index contributed by atoms with van der Waals surface area (Å²) >= 11 is 0. The highest BCUT2D eigenvalue weighted by atomic mass is 16.5. The van der Waals surface area contributed by atoms with Crippen LogP contribution < -0.4 is 14.8 Å². The number of nitrogens with one attached hydrogen (secondary N) is 1. The number of carbonyl (C=O) groups excluding carboxylic acids is 1. The third kappa shape index (κ3) is 4.03. The van der Waals surface area contributed by atoms with Gasteiger partial charge in [-0.1, -0.05) is 36.4 Å². The molecule has 0 spiro atoms. The molecule has 1 aliphatic heterocycles. The fraction of sp³-hybridized carbons (Fsp3) is 0.316. The normalized spacial score (nSPS) is 14.7. The van der Waals surface area contributed by atoms with E-state index in [-0.39, 0.29) is 11.9 Å². The Hall–Kier alpha value is -2.49. The maximum atomic E-state index is 11.6. The Morgan fingerprint density at radius 1 is 1.09 bits per heavy atom. The van der Waals surface area contributed by atoms with Gasteiger partial charge in [-0.05, 0) is 29.7 Å². The van der Waals surface area contributed by atoms with Crippen molar-refractivity contribution in [1.82, 2.24) is 5.32 Å². The molecule has 3 rings (SSSR count). The lowest BCUT2D eigenvalue weighted by atomic mass is 9.98. The molecule has 0 saturated heterocycles. The van der Waals surface area contributed by atoms with E-state index in [1.807, 2.05) is 36.4 Å². The monoisotopic (exact) mass is 311 g/mol. The lowest BCUT2D eigenvalue weighted by molar-refractivity contribution is -0.119. The maximum Gasteiger partial charge on any atom is 0.217 e. The molecular weight excluding hydrogens is 290 g/mol. The van der Waals surface area contributed by atoms with Gasteiger partial charge in [0.25, 0.3) is 0 Å². The summed E-state index contributed by atoms with van der Waals surface area (Å²) in [6, 6.07) is 16.0. The van der Waals surface area contributed by atoms with Gasteiger partial charge in [0.15, 0.2) is 11.5 Å². The number of ether oxygens (including phenoxy) is 2. The van der Waals surface area contributed by atoms with E-state index in [1.165, 1.54) is 5.56 Å². The van der Waals surface area contributed by atoms with Crippen molar-refractivity contribution in [3.05, 3.63) is 59.7 Å². The number of amides is 1. The predicted molar refractivity (Wildman–Crippen MR) is 88.8 cm³/mol. The second-order valence-corrected chi connectivity index (χ2v) is 5.70. The molecule has 1 aliphatic rings. The Kier molecular flexibility index (Phi) is 4.81. The minimum Gasteiger partial charge on any atom is -0.490 e. The number of rotatable bonds is 4. The van der Waals surface area contributed by atoms with Crippen LogP contribution in [0.4, 0.5) is 0 Å². The smallest absolute Gasteiger partial charge is 0.217 e. The maximum absolute atomic E-state index is 11.6. The van der Waals surface area contributed by atoms with Crippen molar-refractivity contribution < 1.29 is 14.3 Å². The number of hydrogen-bond acceptors (Lipinski definition) is 3. The highest BCUT2D eigenvalue weighted by Gasteiger charge is 2.17. The lowest BCUT2D eigenvalue weighted by Crippen LogP contribution is -2.27. The van der Waals surface area contributed by atoms with Gasteiger partial charge < -0.3 is 14.8 Å². The van der Waals surface area contributed by atoms with Crippen LogP contribution in [0.5, 0.6) is 11.5 Å². The van der Waals surface area contributed by atoms with Crippen LogP contribution in [0, 0.1) is 0 Å². The van der Waals surface area contributed by atoms with Crippen molar-refractivity contribution in [1.29, 1.82) is 0 Å². The van der Waals surface area contributed by atoms with Crippen LogP contribution in [0.2, 0.25) is 0 Å². The van der Waals surface area contributed by atoms with Gasteiger partial charge >= 0.3 is 0 Å². The molecule has 1 amide bonds. The van der Waals surface area contributed by atoms with Gasteiger partial charge in [-0.25, -0.2) is 0 Å². The molecule has 2 aromatic carbocycles. The zero-order valence-corrected chi connectivity index (χ0v) is 13.2. The van der Waals surface area contributed by atoms with E-state index in [0.29, 0.717) is 13.2 Å². The molecular formula is C19H21NO3. The van der Waals surface area contributed by atoms with Gasteiger partial charge in [0, 0.05) is 13.3 Å². The molecule has 0 aliphatic carbocycles. The molecule has 0 bridgehead atoms. The topological polar surface area (TPSA) is 47.6 Å². The highest BCUT2D eigenvalue weighted by Crippen LogP contribution is 2.33. The van der Waals surface area contributed by atoms with E-state index in [4.69, 9.17) is 9.47 Å². The van der Waals surface area contributed by atoms with Crippen molar-refractivity contribution in [3.63, 3.8) is 0 Å². The summed E-state index contributed by atoms with van der Waals surface area (Å²) in [5, 5.41) is 3.03. The van der Waals surface area contributed by atoms with Crippen molar-refractivity contribution in [2.24, 2.45) is 0 Å². The van der Waals surface area contributed by atoms with Crippen LogP contribution in [0.25, 0.3) is 0 Å². The SMILES string of the molecule is CC(=O)N[C@H](Cc1ccccc1)c1ccc2c(c1)OCCCO2. The van der Waals surface area contributed by atoms with Crippen LogP contribution in [0.1, 0.15) is 30.5 Å². The van der Waals surface area contributed by atoms with Crippen molar-refractivity contribution in [3.8, 4) is 11.5 Å². The van der Waals surface area contributed by atoms with Gasteiger partial charge in [0.05, 0.1) is 19.3 Å².